The molecule has 2 aliphatic carbocycles. The molecule has 2 N–H and O–H groups in total. The van der Waals surface area contributed by atoms with E-state index in [0.29, 0.717) is 57.4 Å². The van der Waals surface area contributed by atoms with E-state index >= 15 is 0 Å². The third kappa shape index (κ3) is 6.62. The van der Waals surface area contributed by atoms with Crippen molar-refractivity contribution in [2.75, 3.05) is 0 Å². The maximum Gasteiger partial charge on any atom is 0.275 e. The van der Waals surface area contributed by atoms with Gasteiger partial charge in [-0.1, -0.05) is 80.6 Å². The molecular weight excluding hydrogens is 573 g/mol. The van der Waals surface area contributed by atoms with E-state index in [4.69, 9.17) is 28.2 Å². The number of halogens is 2. The average molecular weight is 613 g/mol. The van der Waals surface area contributed by atoms with E-state index in [9.17, 15) is 9.59 Å². The third-order valence-electron chi connectivity index (χ3n) is 8.57. The number of unbranched alkanes of at least 4 members (excludes halogenated alkanes) is 2. The summed E-state index contributed by atoms with van der Waals surface area (Å²) in [6, 6.07) is 5.13. The number of nitrogens with one attached hydrogen (secondary N) is 2. The number of aromatic nitrogens is 4. The second kappa shape index (κ2) is 13.1. The number of aromatic amines is 1. The fourth-order valence-corrected chi connectivity index (χ4v) is 7.51. The Kier molecular flexibility index (Phi) is 9.47. The fourth-order valence-electron chi connectivity index (χ4n) is 6.98. The Labute approximate surface area is 257 Å². The van der Waals surface area contributed by atoms with Crippen LogP contribution in [-0.2, 0) is 16.1 Å². The molecule has 3 aliphatic rings. The molecule has 5 rings (SSSR count). The number of benzene rings is 1. The molecule has 1 spiro atoms. The van der Waals surface area contributed by atoms with E-state index in [-0.39, 0.29) is 24.4 Å². The van der Waals surface area contributed by atoms with Gasteiger partial charge in [0.2, 0.25) is 5.91 Å². The molecule has 1 aromatic carbocycles. The Morgan fingerprint density at radius 3 is 2.48 bits per heavy atom. The lowest BCUT2D eigenvalue weighted by Crippen LogP contribution is -2.56. The van der Waals surface area contributed by atoms with Crippen LogP contribution >= 0.6 is 23.2 Å². The number of amides is 2. The number of allylic oxidation sites excluding steroid dienone is 2. The first kappa shape index (κ1) is 30.4. The zero-order valence-corrected chi connectivity index (χ0v) is 26.0. The molecule has 42 heavy (non-hydrogen) atoms. The van der Waals surface area contributed by atoms with E-state index in [2.05, 4.69) is 51.6 Å². The molecule has 1 aromatic heterocycles. The quantitative estimate of drug-likeness (QED) is 0.310. The summed E-state index contributed by atoms with van der Waals surface area (Å²) in [5, 5.41) is 17.5. The Morgan fingerprint density at radius 2 is 1.86 bits per heavy atom. The molecule has 2 heterocycles. The van der Waals surface area contributed by atoms with Crippen molar-refractivity contribution in [2.24, 2.45) is 16.8 Å². The van der Waals surface area contributed by atoms with Crippen molar-refractivity contribution < 1.29 is 9.59 Å². The highest BCUT2D eigenvalue weighted by molar-refractivity contribution is 6.48. The summed E-state index contributed by atoms with van der Waals surface area (Å²) in [6.45, 7) is 6.92. The minimum absolute atomic E-state index is 0.0651. The maximum atomic E-state index is 14.5. The highest BCUT2D eigenvalue weighted by Gasteiger charge is 2.53. The SMILES string of the molecule is CCCCCC(C1=CC=C(C(=O)NCc2nn[nH]n2)CC1)N1C(=O)C(c2cc(Cl)cc(Cl)c2)=NC12CC(C)CC(C)C2. The molecular formula is C31H39Cl2N7O2. The fraction of sp³-hybridized carbons (Fsp3) is 0.548. The predicted octanol–water partition coefficient (Wildman–Crippen LogP) is 6.20. The molecule has 0 saturated heterocycles. The molecule has 224 valence electrons. The summed E-state index contributed by atoms with van der Waals surface area (Å²) in [4.78, 5) is 34.7. The van der Waals surface area contributed by atoms with E-state index in [1.54, 1.807) is 18.2 Å². The zero-order valence-electron chi connectivity index (χ0n) is 24.5. The molecule has 11 heteroatoms. The summed E-state index contributed by atoms with van der Waals surface area (Å²) in [5.41, 5.74) is 2.34. The van der Waals surface area contributed by atoms with Gasteiger partial charge in [-0.05, 0) is 74.1 Å². The lowest BCUT2D eigenvalue weighted by Gasteiger charge is -2.48. The highest BCUT2D eigenvalue weighted by atomic mass is 35.5. The lowest BCUT2D eigenvalue weighted by atomic mass is 9.75. The van der Waals surface area contributed by atoms with Gasteiger partial charge in [0.05, 0.1) is 12.6 Å². The standard InChI is InChI=1S/C31H39Cl2N7O2/c1-4-5-6-7-26(21-8-10-22(11-9-21)29(41)34-18-27-36-38-39-37-27)40-30(42)28(23-13-24(32)15-25(33)14-23)35-31(40)16-19(2)12-20(3)17-31/h8,10,13-15,19-20,26H,4-7,9,11-12,16-18H2,1-3H3,(H,34,41)(H,36,37,38,39). The largest absolute Gasteiger partial charge is 0.345 e. The van der Waals surface area contributed by atoms with Gasteiger partial charge in [0.15, 0.2) is 5.82 Å². The summed E-state index contributed by atoms with van der Waals surface area (Å²) in [5.74, 6) is 1.08. The van der Waals surface area contributed by atoms with Gasteiger partial charge in [-0.15, -0.1) is 10.2 Å². The van der Waals surface area contributed by atoms with Crippen LogP contribution in [-0.4, -0.2) is 54.8 Å². The number of carbonyl (C=O) groups excluding carboxylic acids is 2. The molecule has 2 aromatic rings. The van der Waals surface area contributed by atoms with Crippen LogP contribution in [0.15, 0.2) is 46.5 Å². The predicted molar refractivity (Wildman–Crippen MR) is 164 cm³/mol. The molecule has 2 amide bonds. The molecule has 0 bridgehead atoms. The number of tetrazole rings is 1. The van der Waals surface area contributed by atoms with Crippen molar-refractivity contribution in [3.05, 3.63) is 62.9 Å². The minimum atomic E-state index is -0.623. The van der Waals surface area contributed by atoms with Crippen LogP contribution in [0.1, 0.15) is 89.9 Å². The van der Waals surface area contributed by atoms with E-state index in [0.717, 1.165) is 44.9 Å². The van der Waals surface area contributed by atoms with Gasteiger partial charge < -0.3 is 10.2 Å². The summed E-state index contributed by atoms with van der Waals surface area (Å²) >= 11 is 12.7. The monoisotopic (exact) mass is 611 g/mol. The van der Waals surface area contributed by atoms with Crippen molar-refractivity contribution in [1.29, 1.82) is 0 Å². The van der Waals surface area contributed by atoms with Gasteiger partial charge in [0, 0.05) is 21.2 Å². The van der Waals surface area contributed by atoms with E-state index in [1.807, 2.05) is 12.2 Å². The van der Waals surface area contributed by atoms with Crippen LogP contribution in [0.3, 0.4) is 0 Å². The van der Waals surface area contributed by atoms with Gasteiger partial charge in [-0.3, -0.25) is 14.6 Å². The lowest BCUT2D eigenvalue weighted by molar-refractivity contribution is -0.133. The van der Waals surface area contributed by atoms with E-state index in [1.165, 1.54) is 5.57 Å². The molecule has 1 fully saturated rings. The van der Waals surface area contributed by atoms with Gasteiger partial charge in [-0.2, -0.15) is 5.21 Å². The number of rotatable bonds is 10. The van der Waals surface area contributed by atoms with Gasteiger partial charge in [-0.25, -0.2) is 0 Å². The molecule has 3 atom stereocenters. The average Bonchev–Trinajstić information content (AvgIpc) is 3.55. The number of hydrogen-bond donors (Lipinski definition) is 2. The number of nitrogens with zero attached hydrogens (tertiary/aromatic N) is 5. The van der Waals surface area contributed by atoms with Crippen LogP contribution in [0, 0.1) is 11.8 Å². The first-order valence-corrected chi connectivity index (χ1v) is 15.7. The molecule has 3 unspecified atom stereocenters. The third-order valence-corrected chi connectivity index (χ3v) is 9.01. The van der Waals surface area contributed by atoms with Crippen LogP contribution in [0.2, 0.25) is 10.0 Å². The number of hydrogen-bond acceptors (Lipinski definition) is 6. The van der Waals surface area contributed by atoms with Crippen LogP contribution < -0.4 is 5.32 Å². The summed E-state index contributed by atoms with van der Waals surface area (Å²) in [7, 11) is 0. The number of aliphatic imine (C=N–C) groups is 1. The van der Waals surface area contributed by atoms with Crippen LogP contribution in [0.4, 0.5) is 0 Å². The van der Waals surface area contributed by atoms with E-state index < -0.39 is 5.66 Å². The first-order chi connectivity index (χ1) is 20.2. The van der Waals surface area contributed by atoms with Crippen molar-refractivity contribution in [2.45, 2.75) is 96.8 Å². The minimum Gasteiger partial charge on any atom is -0.345 e. The van der Waals surface area contributed by atoms with Crippen molar-refractivity contribution in [3.63, 3.8) is 0 Å². The van der Waals surface area contributed by atoms with Gasteiger partial charge in [0.25, 0.3) is 5.91 Å². The summed E-state index contributed by atoms with van der Waals surface area (Å²) in [6.07, 6.45) is 12.0. The zero-order chi connectivity index (χ0) is 29.9. The van der Waals surface area contributed by atoms with Crippen LogP contribution in [0.5, 0.6) is 0 Å². The van der Waals surface area contributed by atoms with Crippen LogP contribution in [0.25, 0.3) is 0 Å². The Bertz CT molecular complexity index is 1370. The topological polar surface area (TPSA) is 116 Å². The smallest absolute Gasteiger partial charge is 0.275 e. The highest BCUT2D eigenvalue weighted by Crippen LogP contribution is 2.47. The van der Waals surface area contributed by atoms with Gasteiger partial charge >= 0.3 is 0 Å². The molecule has 1 saturated carbocycles. The Balaban J connectivity index is 1.48. The Hall–Kier alpha value is -3.04. The van der Waals surface area contributed by atoms with Crippen molar-refractivity contribution in [1.82, 2.24) is 30.8 Å². The molecule has 9 nitrogen and oxygen atoms in total. The second-order valence-corrected chi connectivity index (χ2v) is 13.0. The van der Waals surface area contributed by atoms with Crippen molar-refractivity contribution in [3.8, 4) is 0 Å². The normalized spacial score (nSPS) is 24.8. The Morgan fingerprint density at radius 1 is 1.12 bits per heavy atom. The van der Waals surface area contributed by atoms with Gasteiger partial charge in [0.1, 0.15) is 11.4 Å². The molecule has 1 aliphatic heterocycles. The number of H-pyrrole nitrogens is 1. The molecule has 0 radical (unpaired) electrons. The van der Waals surface area contributed by atoms with Crippen molar-refractivity contribution >= 4 is 40.7 Å². The maximum absolute atomic E-state index is 14.5. The number of carbonyl (C=O) groups is 2. The summed E-state index contributed by atoms with van der Waals surface area (Å²) < 4.78 is 0. The first-order valence-electron chi connectivity index (χ1n) is 15.0. The second-order valence-electron chi connectivity index (χ2n) is 12.1.